The van der Waals surface area contributed by atoms with Crippen LogP contribution in [0.15, 0.2) is 62.7 Å². The molecular formula is C23H19N3O5S2. The van der Waals surface area contributed by atoms with Gasteiger partial charge in [-0.3, -0.25) is 20.4 Å². The molecule has 10 heteroatoms. The maximum atomic E-state index is 12.9. The highest BCUT2D eigenvalue weighted by Crippen LogP contribution is 2.33. The van der Waals surface area contributed by atoms with Gasteiger partial charge in [-0.25, -0.2) is 4.98 Å². The highest BCUT2D eigenvalue weighted by atomic mass is 32.2. The van der Waals surface area contributed by atoms with E-state index in [1.54, 1.807) is 35.6 Å². The zero-order chi connectivity index (χ0) is 22.8. The number of hydrazine groups is 1. The lowest BCUT2D eigenvalue weighted by atomic mass is 10.1. The minimum absolute atomic E-state index is 0.0402. The van der Waals surface area contributed by atoms with E-state index in [9.17, 15) is 9.59 Å². The normalized spacial score (nSPS) is 14.8. The van der Waals surface area contributed by atoms with Crippen molar-refractivity contribution in [2.24, 2.45) is 0 Å². The van der Waals surface area contributed by atoms with E-state index < -0.39 is 17.9 Å². The molecule has 2 N–H and O–H groups in total. The molecule has 1 unspecified atom stereocenters. The minimum Gasteiger partial charge on any atom is -0.485 e. The van der Waals surface area contributed by atoms with Gasteiger partial charge in [0.25, 0.3) is 5.91 Å². The van der Waals surface area contributed by atoms with Gasteiger partial charge in [0.2, 0.25) is 6.10 Å². The summed E-state index contributed by atoms with van der Waals surface area (Å²) in [6, 6.07) is 14.5. The Morgan fingerprint density at radius 2 is 1.91 bits per heavy atom. The zero-order valence-corrected chi connectivity index (χ0v) is 19.1. The molecule has 5 rings (SSSR count). The Morgan fingerprint density at radius 1 is 1.12 bits per heavy atom. The van der Waals surface area contributed by atoms with E-state index in [2.05, 4.69) is 15.8 Å². The number of furan rings is 1. The number of hydrogen-bond donors (Lipinski definition) is 2. The molecule has 1 aliphatic rings. The van der Waals surface area contributed by atoms with E-state index in [4.69, 9.17) is 13.9 Å². The lowest BCUT2D eigenvalue weighted by Gasteiger charge is -2.25. The lowest BCUT2D eigenvalue weighted by molar-refractivity contribution is -0.131. The number of hydrogen-bond acceptors (Lipinski definition) is 8. The molecule has 2 aromatic carbocycles. The van der Waals surface area contributed by atoms with Crippen LogP contribution in [0.1, 0.15) is 21.8 Å². The van der Waals surface area contributed by atoms with Gasteiger partial charge in [0.05, 0.1) is 0 Å². The predicted molar refractivity (Wildman–Crippen MR) is 125 cm³/mol. The molecule has 3 heterocycles. The van der Waals surface area contributed by atoms with Gasteiger partial charge in [-0.15, -0.1) is 11.3 Å². The van der Waals surface area contributed by atoms with Crippen molar-refractivity contribution < 1.29 is 23.5 Å². The summed E-state index contributed by atoms with van der Waals surface area (Å²) in [6.07, 6.45) is -0.890. The molecule has 168 valence electrons. The number of para-hydroxylation sites is 3. The number of aromatic nitrogens is 1. The molecule has 0 bridgehead atoms. The number of benzene rings is 2. The summed E-state index contributed by atoms with van der Waals surface area (Å²) < 4.78 is 18.0. The van der Waals surface area contributed by atoms with Crippen molar-refractivity contribution in [1.29, 1.82) is 0 Å². The monoisotopic (exact) mass is 481 g/mol. The summed E-state index contributed by atoms with van der Waals surface area (Å²) in [4.78, 5) is 29.9. The number of aryl methyl sites for hydroxylation is 1. The highest BCUT2D eigenvalue weighted by molar-refractivity contribution is 8.00. The van der Waals surface area contributed by atoms with Gasteiger partial charge in [-0.05, 0) is 25.1 Å². The molecule has 0 spiro atoms. The Labute approximate surface area is 197 Å². The van der Waals surface area contributed by atoms with Crippen LogP contribution in [0.25, 0.3) is 11.0 Å². The summed E-state index contributed by atoms with van der Waals surface area (Å²) in [5.41, 5.74) is 7.13. The highest BCUT2D eigenvalue weighted by Gasteiger charge is 2.28. The average molecular weight is 482 g/mol. The number of carbonyl (C=O) groups excluding carboxylic acids is 2. The largest absolute Gasteiger partial charge is 0.485 e. The maximum Gasteiger partial charge on any atom is 0.305 e. The summed E-state index contributed by atoms with van der Waals surface area (Å²) in [6.45, 7) is 1.98. The molecule has 1 atom stereocenters. The number of nitrogens with zero attached hydrogens (tertiary/aromatic N) is 1. The summed E-state index contributed by atoms with van der Waals surface area (Å²) >= 11 is 3.08. The molecule has 2 amide bonds. The number of amides is 2. The van der Waals surface area contributed by atoms with Gasteiger partial charge in [-0.2, -0.15) is 0 Å². The van der Waals surface area contributed by atoms with Crippen LogP contribution < -0.4 is 20.3 Å². The third-order valence-corrected chi connectivity index (χ3v) is 7.11. The van der Waals surface area contributed by atoms with Crippen molar-refractivity contribution in [1.82, 2.24) is 15.8 Å². The quantitative estimate of drug-likeness (QED) is 0.327. The molecule has 33 heavy (non-hydrogen) atoms. The van der Waals surface area contributed by atoms with Crippen LogP contribution in [-0.4, -0.2) is 29.5 Å². The summed E-state index contributed by atoms with van der Waals surface area (Å²) in [5, 5.41) is 2.82. The van der Waals surface area contributed by atoms with Crippen LogP contribution in [0.4, 0.5) is 0 Å². The number of carbonyl (C=O) groups is 2. The first kappa shape index (κ1) is 21.4. The molecule has 8 nitrogen and oxygen atoms in total. The molecule has 4 aromatic rings. The first-order valence-electron chi connectivity index (χ1n) is 10.1. The molecule has 2 aromatic heterocycles. The third-order valence-electron chi connectivity index (χ3n) is 4.94. The van der Waals surface area contributed by atoms with Crippen molar-refractivity contribution in [2.45, 2.75) is 23.1 Å². The van der Waals surface area contributed by atoms with Crippen molar-refractivity contribution >= 4 is 45.9 Å². The Bertz CT molecular complexity index is 1330. The van der Waals surface area contributed by atoms with Gasteiger partial charge < -0.3 is 13.9 Å². The molecule has 1 aliphatic heterocycles. The lowest BCUT2D eigenvalue weighted by Crippen LogP contribution is -2.50. The standard InChI is InChI=1S/C23H19N3O5S2/c1-13-11-32-23(24-13)33-12-15-14-6-2-3-7-16(14)31-20(15)22(28)26-25-21(27)19-10-29-17-8-4-5-9-18(17)30-19/h2-9,11,19H,10,12H2,1H3,(H,25,27)(H,26,28). The van der Waals surface area contributed by atoms with E-state index in [1.807, 2.05) is 36.6 Å². The first-order valence-corrected chi connectivity index (χ1v) is 12.0. The second kappa shape index (κ2) is 9.16. The fourth-order valence-electron chi connectivity index (χ4n) is 3.36. The molecule has 0 aliphatic carbocycles. The Balaban J connectivity index is 1.28. The van der Waals surface area contributed by atoms with Gasteiger partial charge in [0, 0.05) is 27.8 Å². The Kier molecular flexibility index (Phi) is 5.93. The number of fused-ring (bicyclic) bond motifs is 2. The van der Waals surface area contributed by atoms with Crippen LogP contribution in [0.2, 0.25) is 0 Å². The van der Waals surface area contributed by atoms with Crippen LogP contribution >= 0.6 is 23.1 Å². The van der Waals surface area contributed by atoms with Gasteiger partial charge in [0.1, 0.15) is 16.5 Å². The average Bonchev–Trinajstić information content (AvgIpc) is 3.43. The van der Waals surface area contributed by atoms with E-state index in [1.165, 1.54) is 11.8 Å². The molecular weight excluding hydrogens is 462 g/mol. The Hall–Kier alpha value is -3.50. The fourth-order valence-corrected chi connectivity index (χ4v) is 5.24. The smallest absolute Gasteiger partial charge is 0.305 e. The number of thioether (sulfide) groups is 1. The third kappa shape index (κ3) is 4.53. The van der Waals surface area contributed by atoms with Gasteiger partial charge in [-0.1, -0.05) is 42.1 Å². The van der Waals surface area contributed by atoms with Crippen molar-refractivity contribution in [3.05, 3.63) is 70.9 Å². The van der Waals surface area contributed by atoms with E-state index in [0.29, 0.717) is 22.8 Å². The van der Waals surface area contributed by atoms with Crippen LogP contribution in [0, 0.1) is 6.92 Å². The van der Waals surface area contributed by atoms with Crippen LogP contribution in [0.5, 0.6) is 11.5 Å². The molecule has 0 radical (unpaired) electrons. The van der Waals surface area contributed by atoms with Crippen LogP contribution in [0.3, 0.4) is 0 Å². The molecule has 0 saturated heterocycles. The summed E-state index contributed by atoms with van der Waals surface area (Å²) in [5.74, 6) is 0.612. The fraction of sp³-hybridized carbons (Fsp3) is 0.174. The van der Waals surface area contributed by atoms with E-state index in [0.717, 1.165) is 21.0 Å². The number of nitrogens with one attached hydrogen (secondary N) is 2. The zero-order valence-electron chi connectivity index (χ0n) is 17.5. The number of rotatable bonds is 5. The van der Waals surface area contributed by atoms with Crippen molar-refractivity contribution in [2.75, 3.05) is 6.61 Å². The minimum atomic E-state index is -0.890. The SMILES string of the molecule is Cc1csc(SCc2c(C(=O)NNC(=O)C3COc4ccccc4O3)oc3ccccc23)n1. The van der Waals surface area contributed by atoms with Gasteiger partial charge in [0.15, 0.2) is 17.3 Å². The van der Waals surface area contributed by atoms with E-state index in [-0.39, 0.29) is 12.4 Å². The number of ether oxygens (including phenoxy) is 2. The second-order valence-corrected chi connectivity index (χ2v) is 9.34. The van der Waals surface area contributed by atoms with Gasteiger partial charge >= 0.3 is 5.91 Å². The maximum absolute atomic E-state index is 12.9. The first-order chi connectivity index (χ1) is 16.1. The van der Waals surface area contributed by atoms with E-state index >= 15 is 0 Å². The topological polar surface area (TPSA) is 103 Å². The van der Waals surface area contributed by atoms with Crippen molar-refractivity contribution in [3.8, 4) is 11.5 Å². The molecule has 0 fully saturated rings. The number of thiazole rings is 1. The predicted octanol–water partition coefficient (Wildman–Crippen LogP) is 4.09. The Morgan fingerprint density at radius 3 is 2.73 bits per heavy atom. The second-order valence-electron chi connectivity index (χ2n) is 7.26. The van der Waals surface area contributed by atoms with Crippen LogP contribution in [-0.2, 0) is 10.5 Å². The van der Waals surface area contributed by atoms with Crippen molar-refractivity contribution in [3.63, 3.8) is 0 Å². The molecule has 0 saturated carbocycles. The summed E-state index contributed by atoms with van der Waals surface area (Å²) in [7, 11) is 0.